The summed E-state index contributed by atoms with van der Waals surface area (Å²) >= 11 is 0. The molecule has 0 saturated carbocycles. The van der Waals surface area contributed by atoms with E-state index in [4.69, 9.17) is 16.6 Å². The topological polar surface area (TPSA) is 154 Å². The maximum absolute atomic E-state index is 12.6. The molecule has 2 aromatic rings. The Bertz CT molecular complexity index is 885. The second kappa shape index (κ2) is 10.5. The highest BCUT2D eigenvalue weighted by atomic mass is 16.2. The molecule has 0 radical (unpaired) electrons. The van der Waals surface area contributed by atoms with Gasteiger partial charge in [-0.3, -0.25) is 4.79 Å². The number of nitriles is 1. The van der Waals surface area contributed by atoms with Crippen LogP contribution in [0.1, 0.15) is 36.5 Å². The minimum Gasteiger partial charge on any atom is -0.397 e. The molecule has 1 saturated heterocycles. The van der Waals surface area contributed by atoms with Gasteiger partial charge >= 0.3 is 0 Å². The van der Waals surface area contributed by atoms with Crippen molar-refractivity contribution in [3.8, 4) is 6.07 Å². The quantitative estimate of drug-likeness (QED) is 0.577. The van der Waals surface area contributed by atoms with Gasteiger partial charge < -0.3 is 26.8 Å². The van der Waals surface area contributed by atoms with Crippen molar-refractivity contribution < 1.29 is 9.90 Å². The SMILES string of the molecule is CCO.Cc1ccc(CNC(=O)C2(N)CCN(c3ncnc(N)c3C#N)CC2)cc1. The Labute approximate surface area is 176 Å². The van der Waals surface area contributed by atoms with E-state index >= 15 is 0 Å². The van der Waals surface area contributed by atoms with Gasteiger partial charge in [0, 0.05) is 26.2 Å². The molecule has 1 aliphatic rings. The van der Waals surface area contributed by atoms with Gasteiger partial charge in [0.15, 0.2) is 5.82 Å². The summed E-state index contributed by atoms with van der Waals surface area (Å²) in [4.78, 5) is 22.6. The molecule has 0 atom stereocenters. The van der Waals surface area contributed by atoms with Crippen molar-refractivity contribution in [2.24, 2.45) is 5.73 Å². The zero-order valence-corrected chi connectivity index (χ0v) is 17.4. The Morgan fingerprint density at radius 3 is 2.47 bits per heavy atom. The molecular formula is C21H29N7O2. The normalized spacial score (nSPS) is 14.8. The van der Waals surface area contributed by atoms with Crippen molar-refractivity contribution in [1.82, 2.24) is 15.3 Å². The number of aromatic nitrogens is 2. The Kier molecular flexibility index (Phi) is 8.09. The maximum atomic E-state index is 12.6. The van der Waals surface area contributed by atoms with E-state index in [1.165, 1.54) is 11.9 Å². The maximum Gasteiger partial charge on any atom is 0.240 e. The van der Waals surface area contributed by atoms with Crippen molar-refractivity contribution in [2.75, 3.05) is 30.3 Å². The number of carbonyl (C=O) groups excluding carboxylic acids is 1. The molecule has 1 aromatic carbocycles. The number of aryl methyl sites for hydroxylation is 1. The van der Waals surface area contributed by atoms with E-state index in [0.29, 0.717) is 38.3 Å². The summed E-state index contributed by atoms with van der Waals surface area (Å²) < 4.78 is 0. The van der Waals surface area contributed by atoms with Crippen LogP contribution in [0.5, 0.6) is 0 Å². The van der Waals surface area contributed by atoms with Crippen LogP contribution in [0.15, 0.2) is 30.6 Å². The third-order valence-corrected chi connectivity index (χ3v) is 4.95. The molecular weight excluding hydrogens is 382 g/mol. The second-order valence-corrected chi connectivity index (χ2v) is 7.20. The predicted molar refractivity (Wildman–Crippen MR) is 115 cm³/mol. The predicted octanol–water partition coefficient (Wildman–Crippen LogP) is 0.852. The molecule has 1 fully saturated rings. The monoisotopic (exact) mass is 411 g/mol. The van der Waals surface area contributed by atoms with Crippen LogP contribution in [0, 0.1) is 18.3 Å². The first-order chi connectivity index (χ1) is 14.3. The van der Waals surface area contributed by atoms with Crippen LogP contribution in [-0.4, -0.2) is 46.2 Å². The minimum absolute atomic E-state index is 0.155. The number of nitrogens with one attached hydrogen (secondary N) is 1. The summed E-state index contributed by atoms with van der Waals surface area (Å²) in [6.45, 7) is 5.43. The number of aliphatic hydroxyl groups excluding tert-OH is 1. The number of nitrogens with two attached hydrogens (primary N) is 2. The molecule has 0 aliphatic carbocycles. The molecule has 3 rings (SSSR count). The number of piperidine rings is 1. The summed E-state index contributed by atoms with van der Waals surface area (Å²) in [6, 6.07) is 10.1. The van der Waals surface area contributed by atoms with Crippen molar-refractivity contribution >= 4 is 17.5 Å². The van der Waals surface area contributed by atoms with Gasteiger partial charge in [-0.25, -0.2) is 9.97 Å². The highest BCUT2D eigenvalue weighted by molar-refractivity contribution is 5.86. The van der Waals surface area contributed by atoms with Crippen LogP contribution in [0.2, 0.25) is 0 Å². The molecule has 0 spiro atoms. The largest absolute Gasteiger partial charge is 0.397 e. The number of amides is 1. The van der Waals surface area contributed by atoms with E-state index in [0.717, 1.165) is 5.56 Å². The number of benzene rings is 1. The highest BCUT2D eigenvalue weighted by Crippen LogP contribution is 2.27. The molecule has 1 aliphatic heterocycles. The summed E-state index contributed by atoms with van der Waals surface area (Å²) in [5, 5.41) is 19.8. The number of carbonyl (C=O) groups is 1. The van der Waals surface area contributed by atoms with Gasteiger partial charge in [-0.1, -0.05) is 29.8 Å². The highest BCUT2D eigenvalue weighted by Gasteiger charge is 2.38. The van der Waals surface area contributed by atoms with Gasteiger partial charge in [-0.15, -0.1) is 0 Å². The molecule has 1 amide bonds. The number of hydrogen-bond donors (Lipinski definition) is 4. The fourth-order valence-corrected chi connectivity index (χ4v) is 3.15. The van der Waals surface area contributed by atoms with Crippen LogP contribution >= 0.6 is 0 Å². The average Bonchev–Trinajstić information content (AvgIpc) is 2.74. The number of hydrogen-bond acceptors (Lipinski definition) is 8. The Morgan fingerprint density at radius 1 is 1.30 bits per heavy atom. The zero-order valence-electron chi connectivity index (χ0n) is 17.4. The third kappa shape index (κ3) is 5.65. The Hall–Kier alpha value is -3.22. The molecule has 0 unspecified atom stereocenters. The van der Waals surface area contributed by atoms with Gasteiger partial charge in [0.2, 0.25) is 5.91 Å². The van der Waals surface area contributed by atoms with Gasteiger partial charge in [-0.2, -0.15) is 5.26 Å². The third-order valence-electron chi connectivity index (χ3n) is 4.95. The smallest absolute Gasteiger partial charge is 0.240 e. The Morgan fingerprint density at radius 2 is 1.90 bits per heavy atom. The summed E-state index contributed by atoms with van der Waals surface area (Å²) in [5.41, 5.74) is 13.7. The molecule has 160 valence electrons. The molecule has 2 heterocycles. The van der Waals surface area contributed by atoms with E-state index in [9.17, 15) is 10.1 Å². The van der Waals surface area contributed by atoms with Gasteiger partial charge in [0.05, 0.1) is 5.54 Å². The molecule has 30 heavy (non-hydrogen) atoms. The zero-order chi connectivity index (χ0) is 22.1. The molecule has 9 nitrogen and oxygen atoms in total. The summed E-state index contributed by atoms with van der Waals surface area (Å²) in [5.74, 6) is 0.487. The first kappa shape index (κ1) is 23.1. The lowest BCUT2D eigenvalue weighted by atomic mass is 9.87. The van der Waals surface area contributed by atoms with Gasteiger partial charge in [0.25, 0.3) is 0 Å². The average molecular weight is 412 g/mol. The van der Waals surface area contributed by atoms with Crippen molar-refractivity contribution in [2.45, 2.75) is 38.8 Å². The first-order valence-electron chi connectivity index (χ1n) is 9.83. The van der Waals surface area contributed by atoms with Crippen LogP contribution in [-0.2, 0) is 11.3 Å². The van der Waals surface area contributed by atoms with E-state index in [1.807, 2.05) is 42.2 Å². The van der Waals surface area contributed by atoms with Crippen LogP contribution in [0.3, 0.4) is 0 Å². The lowest BCUT2D eigenvalue weighted by Crippen LogP contribution is -2.59. The second-order valence-electron chi connectivity index (χ2n) is 7.20. The van der Waals surface area contributed by atoms with E-state index < -0.39 is 5.54 Å². The van der Waals surface area contributed by atoms with Crippen LogP contribution in [0.25, 0.3) is 0 Å². The lowest BCUT2D eigenvalue weighted by molar-refractivity contribution is -0.127. The molecule has 1 aromatic heterocycles. The fraction of sp³-hybridized carbons (Fsp3) is 0.429. The molecule has 9 heteroatoms. The minimum atomic E-state index is -0.938. The van der Waals surface area contributed by atoms with Crippen molar-refractivity contribution in [3.63, 3.8) is 0 Å². The summed E-state index contributed by atoms with van der Waals surface area (Å²) in [6.07, 6.45) is 2.26. The van der Waals surface area contributed by atoms with Gasteiger partial charge in [-0.05, 0) is 32.3 Å². The van der Waals surface area contributed by atoms with E-state index in [-0.39, 0.29) is 23.9 Å². The van der Waals surface area contributed by atoms with Crippen molar-refractivity contribution in [1.29, 1.82) is 5.26 Å². The number of rotatable bonds is 4. The van der Waals surface area contributed by atoms with Crippen LogP contribution < -0.4 is 21.7 Å². The number of aliphatic hydroxyl groups is 1. The van der Waals surface area contributed by atoms with Gasteiger partial charge in [0.1, 0.15) is 23.8 Å². The van der Waals surface area contributed by atoms with Crippen molar-refractivity contribution in [3.05, 3.63) is 47.3 Å². The number of nitrogens with zero attached hydrogens (tertiary/aromatic N) is 4. The standard InChI is InChI=1S/C19H23N7O.C2H6O/c1-13-2-4-14(5-3-13)11-23-18(27)19(22)6-8-26(9-7-19)17-15(10-20)16(21)24-12-25-17;1-2-3/h2-5,12H,6-9,11,22H2,1H3,(H,23,27)(H2,21,24,25);3H,2H2,1H3. The number of nitrogen functional groups attached to an aromatic ring is 1. The van der Waals surface area contributed by atoms with E-state index in [2.05, 4.69) is 15.3 Å². The lowest BCUT2D eigenvalue weighted by Gasteiger charge is -2.38. The van der Waals surface area contributed by atoms with Crippen LogP contribution in [0.4, 0.5) is 11.6 Å². The first-order valence-corrected chi connectivity index (χ1v) is 9.83. The van der Waals surface area contributed by atoms with E-state index in [1.54, 1.807) is 6.92 Å². The Balaban J connectivity index is 0.00000101. The number of anilines is 2. The summed E-state index contributed by atoms with van der Waals surface area (Å²) in [7, 11) is 0. The fourth-order valence-electron chi connectivity index (χ4n) is 3.15. The molecule has 0 bridgehead atoms. The molecule has 6 N–H and O–H groups in total.